The summed E-state index contributed by atoms with van der Waals surface area (Å²) in [6, 6.07) is 5.51. The molecule has 1 aromatic carbocycles. The van der Waals surface area contributed by atoms with E-state index < -0.39 is 0 Å². The lowest BCUT2D eigenvalue weighted by molar-refractivity contribution is 0.338. The van der Waals surface area contributed by atoms with Crippen LogP contribution in [0.25, 0.3) is 0 Å². The number of hydrogen-bond donors (Lipinski definition) is 0. The van der Waals surface area contributed by atoms with Crippen LogP contribution in [0.3, 0.4) is 0 Å². The van der Waals surface area contributed by atoms with Crippen molar-refractivity contribution in [2.75, 3.05) is 13.2 Å². The molecule has 1 aliphatic heterocycles. The van der Waals surface area contributed by atoms with Crippen LogP contribution < -0.4 is 4.74 Å². The Hall–Kier alpha value is -1.00. The molecule has 2 rings (SSSR count). The first-order chi connectivity index (χ1) is 8.70. The molecule has 0 spiro atoms. The van der Waals surface area contributed by atoms with Gasteiger partial charge in [0, 0.05) is 5.56 Å². The number of ether oxygens (including phenoxy) is 2. The summed E-state index contributed by atoms with van der Waals surface area (Å²) in [7, 11) is 0. The molecule has 0 N–H and O–H groups in total. The maximum Gasteiger partial charge on any atom is 0.216 e. The van der Waals surface area contributed by atoms with Crippen LogP contribution in [0.2, 0.25) is 5.02 Å². The Labute approximate surface area is 120 Å². The fourth-order valence-corrected chi connectivity index (χ4v) is 2.28. The Bertz CT molecular complexity index is 488. The van der Waals surface area contributed by atoms with Gasteiger partial charge >= 0.3 is 0 Å². The highest BCUT2D eigenvalue weighted by molar-refractivity contribution is 9.09. The van der Waals surface area contributed by atoms with Crippen molar-refractivity contribution >= 4 is 33.4 Å². The number of hydrogen-bond acceptors (Lipinski definition) is 3. The van der Waals surface area contributed by atoms with E-state index in [1.807, 2.05) is 31.2 Å². The quantitative estimate of drug-likeness (QED) is 0.621. The molecule has 1 aliphatic rings. The van der Waals surface area contributed by atoms with Crippen LogP contribution in [-0.4, -0.2) is 24.1 Å². The SMILES string of the molecule is CC=CC(Br)Oc1ccc(C2=NCCO2)cc1Cl. The van der Waals surface area contributed by atoms with E-state index in [0.29, 0.717) is 29.8 Å². The third-order valence-corrected chi connectivity index (χ3v) is 3.14. The minimum atomic E-state index is -0.189. The maximum atomic E-state index is 6.17. The molecule has 5 heteroatoms. The van der Waals surface area contributed by atoms with Gasteiger partial charge in [0.15, 0.2) is 5.01 Å². The normalized spacial score (nSPS) is 16.5. The van der Waals surface area contributed by atoms with E-state index in [0.717, 1.165) is 5.56 Å². The van der Waals surface area contributed by atoms with Crippen molar-refractivity contribution in [1.82, 2.24) is 0 Å². The highest BCUT2D eigenvalue weighted by Crippen LogP contribution is 2.28. The smallest absolute Gasteiger partial charge is 0.216 e. The Morgan fingerprint density at radius 2 is 2.39 bits per heavy atom. The highest BCUT2D eigenvalue weighted by atomic mass is 79.9. The molecule has 0 radical (unpaired) electrons. The largest absolute Gasteiger partial charge is 0.476 e. The molecule has 0 saturated heterocycles. The van der Waals surface area contributed by atoms with Gasteiger partial charge in [0.2, 0.25) is 5.90 Å². The van der Waals surface area contributed by atoms with Gasteiger partial charge in [-0.3, -0.25) is 0 Å². The molecule has 1 heterocycles. The second-order valence-corrected chi connectivity index (χ2v) is 4.99. The van der Waals surface area contributed by atoms with Crippen LogP contribution in [0.5, 0.6) is 5.75 Å². The van der Waals surface area contributed by atoms with Gasteiger partial charge in [-0.2, -0.15) is 0 Å². The minimum Gasteiger partial charge on any atom is -0.476 e. The molecule has 18 heavy (non-hydrogen) atoms. The van der Waals surface area contributed by atoms with E-state index in [1.54, 1.807) is 6.07 Å². The topological polar surface area (TPSA) is 30.8 Å². The predicted molar refractivity (Wildman–Crippen MR) is 77.0 cm³/mol. The molecule has 1 atom stereocenters. The van der Waals surface area contributed by atoms with Gasteiger partial charge in [-0.15, -0.1) is 0 Å². The first-order valence-electron chi connectivity index (χ1n) is 5.61. The molecular formula is C13H13BrClNO2. The molecule has 1 aromatic rings. The van der Waals surface area contributed by atoms with Crippen molar-refractivity contribution in [2.24, 2.45) is 4.99 Å². The second-order valence-electron chi connectivity index (χ2n) is 3.68. The third-order valence-electron chi connectivity index (χ3n) is 2.35. The summed E-state index contributed by atoms with van der Waals surface area (Å²) >= 11 is 9.55. The lowest BCUT2D eigenvalue weighted by atomic mass is 10.2. The van der Waals surface area contributed by atoms with Crippen molar-refractivity contribution in [3.05, 3.63) is 40.9 Å². The molecule has 3 nitrogen and oxygen atoms in total. The number of aliphatic imine (C=N–C) groups is 1. The Balaban J connectivity index is 2.14. The molecule has 0 bridgehead atoms. The minimum absolute atomic E-state index is 0.189. The highest BCUT2D eigenvalue weighted by Gasteiger charge is 2.13. The van der Waals surface area contributed by atoms with E-state index >= 15 is 0 Å². The van der Waals surface area contributed by atoms with Crippen LogP contribution in [0.1, 0.15) is 12.5 Å². The maximum absolute atomic E-state index is 6.17. The summed E-state index contributed by atoms with van der Waals surface area (Å²) < 4.78 is 11.0. The van der Waals surface area contributed by atoms with Crippen molar-refractivity contribution in [3.63, 3.8) is 0 Å². The van der Waals surface area contributed by atoms with Gasteiger partial charge in [-0.1, -0.05) is 17.7 Å². The van der Waals surface area contributed by atoms with Crippen LogP contribution in [-0.2, 0) is 4.74 Å². The first-order valence-corrected chi connectivity index (χ1v) is 6.91. The predicted octanol–water partition coefficient (Wildman–Crippen LogP) is 3.79. The number of rotatable bonds is 4. The van der Waals surface area contributed by atoms with Crippen molar-refractivity contribution < 1.29 is 9.47 Å². The van der Waals surface area contributed by atoms with Gasteiger partial charge in [0.1, 0.15) is 12.4 Å². The molecule has 1 unspecified atom stereocenters. The van der Waals surface area contributed by atoms with E-state index in [1.165, 1.54) is 0 Å². The van der Waals surface area contributed by atoms with Crippen molar-refractivity contribution in [1.29, 1.82) is 0 Å². The Kier molecular flexibility index (Phi) is 4.66. The van der Waals surface area contributed by atoms with E-state index in [9.17, 15) is 0 Å². The van der Waals surface area contributed by atoms with Crippen LogP contribution in [0, 0.1) is 0 Å². The summed E-state index contributed by atoms with van der Waals surface area (Å²) in [6.07, 6.45) is 3.79. The summed E-state index contributed by atoms with van der Waals surface area (Å²) in [5.41, 5.74) is 0.877. The van der Waals surface area contributed by atoms with E-state index in [-0.39, 0.29) is 5.01 Å². The molecule has 0 fully saturated rings. The summed E-state index contributed by atoms with van der Waals surface area (Å²) in [5.74, 6) is 1.27. The average molecular weight is 331 g/mol. The van der Waals surface area contributed by atoms with Crippen LogP contribution in [0.4, 0.5) is 0 Å². The third kappa shape index (κ3) is 3.27. The van der Waals surface area contributed by atoms with Gasteiger partial charge in [-0.05, 0) is 47.1 Å². The first kappa shape index (κ1) is 13.4. The van der Waals surface area contributed by atoms with Crippen molar-refractivity contribution in [2.45, 2.75) is 11.9 Å². The van der Waals surface area contributed by atoms with Crippen LogP contribution >= 0.6 is 27.5 Å². The lowest BCUT2D eigenvalue weighted by Crippen LogP contribution is -2.05. The summed E-state index contributed by atoms with van der Waals surface area (Å²) in [5, 5.41) is 0.352. The molecule has 0 amide bonds. The average Bonchev–Trinajstić information content (AvgIpc) is 2.85. The number of alkyl halides is 1. The molecule has 96 valence electrons. The molecule has 0 saturated carbocycles. The standard InChI is InChI=1S/C13H13BrClNO2/c1-2-3-12(14)18-11-5-4-9(8-10(11)15)13-16-6-7-17-13/h2-5,8,12H,6-7H2,1H3. The Morgan fingerprint density at radius 1 is 1.56 bits per heavy atom. The van der Waals surface area contributed by atoms with Crippen molar-refractivity contribution in [3.8, 4) is 5.75 Å². The van der Waals surface area contributed by atoms with Crippen LogP contribution in [0.15, 0.2) is 35.3 Å². The number of allylic oxidation sites excluding steroid dienone is 1. The zero-order valence-electron chi connectivity index (χ0n) is 9.90. The van der Waals surface area contributed by atoms with Gasteiger partial charge in [0.05, 0.1) is 11.6 Å². The monoisotopic (exact) mass is 329 g/mol. The molecule has 0 aliphatic carbocycles. The van der Waals surface area contributed by atoms with Gasteiger partial charge in [-0.25, -0.2) is 4.99 Å². The summed E-state index contributed by atoms with van der Waals surface area (Å²) in [6.45, 7) is 3.27. The number of benzene rings is 1. The number of halogens is 2. The lowest BCUT2D eigenvalue weighted by Gasteiger charge is -2.11. The van der Waals surface area contributed by atoms with E-state index in [4.69, 9.17) is 21.1 Å². The fraction of sp³-hybridized carbons (Fsp3) is 0.308. The number of nitrogens with zero attached hydrogens (tertiary/aromatic N) is 1. The second kappa shape index (κ2) is 6.25. The Morgan fingerprint density at radius 3 is 3.00 bits per heavy atom. The van der Waals surface area contributed by atoms with Gasteiger partial charge < -0.3 is 9.47 Å². The summed E-state index contributed by atoms with van der Waals surface area (Å²) in [4.78, 5) is 4.24. The fourth-order valence-electron chi connectivity index (χ4n) is 1.55. The van der Waals surface area contributed by atoms with E-state index in [2.05, 4.69) is 20.9 Å². The zero-order valence-corrected chi connectivity index (χ0v) is 12.2. The molecule has 0 aromatic heterocycles. The molecular weight excluding hydrogens is 318 g/mol. The van der Waals surface area contributed by atoms with Gasteiger partial charge in [0.25, 0.3) is 0 Å². The zero-order chi connectivity index (χ0) is 13.0.